The molecule has 1 amide bonds. The third kappa shape index (κ3) is 8.09. The van der Waals surface area contributed by atoms with Crippen molar-refractivity contribution in [3.63, 3.8) is 0 Å². The van der Waals surface area contributed by atoms with E-state index in [1.807, 2.05) is 0 Å². The van der Waals surface area contributed by atoms with Gasteiger partial charge in [0.2, 0.25) is 5.89 Å². The topological polar surface area (TPSA) is 90.4 Å². The lowest BCUT2D eigenvalue weighted by molar-refractivity contribution is 0.0947. The van der Waals surface area contributed by atoms with Gasteiger partial charge in [0.15, 0.2) is 5.69 Å². The summed E-state index contributed by atoms with van der Waals surface area (Å²) in [5.41, 5.74) is 9.17. The number of ether oxygens (including phenoxy) is 1. The van der Waals surface area contributed by atoms with Crippen LogP contribution in [0.15, 0.2) is 28.9 Å². The molecule has 0 aliphatic rings. The molecule has 6 nitrogen and oxygen atoms in total. The lowest BCUT2D eigenvalue weighted by atomic mass is 9.76. The molecule has 0 aliphatic carbocycles. The molecule has 0 saturated carbocycles. The third-order valence-corrected chi connectivity index (χ3v) is 7.17. The number of unbranched alkanes of at least 4 members (excludes halogenated alkanes) is 1. The van der Waals surface area contributed by atoms with Gasteiger partial charge in [-0.3, -0.25) is 4.79 Å². The number of rotatable bonds is 14. The summed E-state index contributed by atoms with van der Waals surface area (Å²) in [5.74, 6) is 1.57. The Morgan fingerprint density at radius 1 is 1.11 bits per heavy atom. The van der Waals surface area contributed by atoms with Crippen LogP contribution in [0.4, 0.5) is 0 Å². The molecule has 1 unspecified atom stereocenters. The Hall–Kier alpha value is -2.34. The van der Waals surface area contributed by atoms with E-state index in [-0.39, 0.29) is 28.5 Å². The van der Waals surface area contributed by atoms with Crippen molar-refractivity contribution < 1.29 is 13.9 Å². The second kappa shape index (κ2) is 12.6. The van der Waals surface area contributed by atoms with Gasteiger partial charge < -0.3 is 20.2 Å². The molecule has 0 saturated heterocycles. The minimum Gasteiger partial charge on any atom is -0.493 e. The first-order valence-electron chi connectivity index (χ1n) is 13.2. The maximum Gasteiger partial charge on any atom is 0.273 e. The van der Waals surface area contributed by atoms with Crippen LogP contribution in [0.2, 0.25) is 0 Å². The van der Waals surface area contributed by atoms with Crippen molar-refractivity contribution in [2.24, 2.45) is 11.7 Å². The van der Waals surface area contributed by atoms with Crippen molar-refractivity contribution in [3.8, 4) is 5.75 Å². The van der Waals surface area contributed by atoms with Crippen molar-refractivity contribution in [2.45, 2.75) is 104 Å². The highest BCUT2D eigenvalue weighted by Gasteiger charge is 2.26. The van der Waals surface area contributed by atoms with E-state index >= 15 is 0 Å². The van der Waals surface area contributed by atoms with Gasteiger partial charge in [-0.1, -0.05) is 67.5 Å². The summed E-state index contributed by atoms with van der Waals surface area (Å²) in [6, 6.07) is 6.38. The molecule has 3 N–H and O–H groups in total. The molecule has 1 heterocycles. The molecular weight excluding hydrogens is 438 g/mol. The molecule has 2 aromatic rings. The second-order valence-electron chi connectivity index (χ2n) is 11.3. The normalized spacial score (nSPS) is 13.2. The van der Waals surface area contributed by atoms with E-state index in [1.54, 1.807) is 0 Å². The number of nitrogens with one attached hydrogen (secondary N) is 1. The Kier molecular flexibility index (Phi) is 10.4. The van der Waals surface area contributed by atoms with E-state index in [9.17, 15) is 4.79 Å². The van der Waals surface area contributed by atoms with Gasteiger partial charge in [0, 0.05) is 12.1 Å². The molecule has 6 heteroatoms. The molecule has 0 aliphatic heterocycles. The van der Waals surface area contributed by atoms with Crippen LogP contribution >= 0.6 is 0 Å². The highest BCUT2D eigenvalue weighted by molar-refractivity contribution is 5.91. The molecule has 0 radical (unpaired) electrons. The smallest absolute Gasteiger partial charge is 0.273 e. The first-order chi connectivity index (χ1) is 16.4. The molecule has 2 rings (SSSR count). The van der Waals surface area contributed by atoms with Crippen LogP contribution in [0.3, 0.4) is 0 Å². The summed E-state index contributed by atoms with van der Waals surface area (Å²) < 4.78 is 11.6. The molecule has 1 atom stereocenters. The van der Waals surface area contributed by atoms with Crippen molar-refractivity contribution in [3.05, 3.63) is 47.2 Å². The summed E-state index contributed by atoms with van der Waals surface area (Å²) in [5, 5.41) is 2.91. The zero-order valence-electron chi connectivity index (χ0n) is 23.2. The number of nitrogens with two attached hydrogens (primary N) is 1. The van der Waals surface area contributed by atoms with Crippen LogP contribution in [0.1, 0.15) is 121 Å². The number of benzene rings is 1. The van der Waals surface area contributed by atoms with E-state index in [0.717, 1.165) is 37.9 Å². The van der Waals surface area contributed by atoms with Crippen LogP contribution in [-0.2, 0) is 10.8 Å². The summed E-state index contributed by atoms with van der Waals surface area (Å²) in [6.45, 7) is 18.9. The van der Waals surface area contributed by atoms with Gasteiger partial charge in [-0.15, -0.1) is 0 Å². The maximum absolute atomic E-state index is 12.4. The largest absolute Gasteiger partial charge is 0.493 e. The SMILES string of the molecule is CCC(C)(C)c1ccc(OCCCCNC(=O)c2coc(C(N)CC(C)C)n2)c(C(C)(C)CC)c1. The molecule has 0 spiro atoms. The van der Waals surface area contributed by atoms with Gasteiger partial charge in [0.05, 0.1) is 12.6 Å². The van der Waals surface area contributed by atoms with Gasteiger partial charge in [-0.05, 0) is 60.5 Å². The fourth-order valence-corrected chi connectivity index (χ4v) is 3.87. The second-order valence-corrected chi connectivity index (χ2v) is 11.3. The number of hydrogen-bond acceptors (Lipinski definition) is 5. The fraction of sp³-hybridized carbons (Fsp3) is 0.655. The zero-order valence-corrected chi connectivity index (χ0v) is 23.2. The average molecular weight is 486 g/mol. The van der Waals surface area contributed by atoms with Gasteiger partial charge in [-0.2, -0.15) is 0 Å². The predicted octanol–water partition coefficient (Wildman–Crippen LogP) is 6.68. The standard InChI is InChI=1S/C29H47N3O3/c1-9-28(5,6)21-13-14-25(22(18-21)29(7,8)10-2)34-16-12-11-15-31-26(33)24-19-35-27(32-24)23(30)17-20(3)4/h13-14,18-20,23H,9-12,15-17,30H2,1-8H3,(H,31,33). The minimum absolute atomic E-state index is 0.0390. The van der Waals surface area contributed by atoms with E-state index < -0.39 is 0 Å². The molecule has 35 heavy (non-hydrogen) atoms. The van der Waals surface area contributed by atoms with Crippen molar-refractivity contribution in [1.82, 2.24) is 10.3 Å². The van der Waals surface area contributed by atoms with Gasteiger partial charge in [-0.25, -0.2) is 4.98 Å². The average Bonchev–Trinajstić information content (AvgIpc) is 3.31. The van der Waals surface area contributed by atoms with E-state index in [2.05, 4.69) is 83.9 Å². The molecule has 1 aromatic carbocycles. The van der Waals surface area contributed by atoms with E-state index in [4.69, 9.17) is 14.9 Å². The minimum atomic E-state index is -0.293. The Labute approximate surface area is 212 Å². The first kappa shape index (κ1) is 28.9. The lowest BCUT2D eigenvalue weighted by Crippen LogP contribution is -2.25. The lowest BCUT2D eigenvalue weighted by Gasteiger charge is -2.30. The fourth-order valence-electron chi connectivity index (χ4n) is 3.87. The van der Waals surface area contributed by atoms with Gasteiger partial charge >= 0.3 is 0 Å². The third-order valence-electron chi connectivity index (χ3n) is 7.17. The Morgan fingerprint density at radius 3 is 2.43 bits per heavy atom. The maximum atomic E-state index is 12.4. The number of nitrogens with zero attached hydrogens (tertiary/aromatic N) is 1. The first-order valence-corrected chi connectivity index (χ1v) is 13.2. The van der Waals surface area contributed by atoms with Crippen LogP contribution in [0.5, 0.6) is 5.75 Å². The van der Waals surface area contributed by atoms with E-state index in [0.29, 0.717) is 25.0 Å². The number of carbonyl (C=O) groups is 1. The molecule has 0 bridgehead atoms. The summed E-state index contributed by atoms with van der Waals surface area (Å²) >= 11 is 0. The Balaban J connectivity index is 1.86. The number of hydrogen-bond donors (Lipinski definition) is 2. The number of carbonyl (C=O) groups excluding carboxylic acids is 1. The summed E-state index contributed by atoms with van der Waals surface area (Å²) in [7, 11) is 0. The molecular formula is C29H47N3O3. The number of amides is 1. The molecule has 0 fully saturated rings. The summed E-state index contributed by atoms with van der Waals surface area (Å²) in [6.07, 6.45) is 5.93. The van der Waals surface area contributed by atoms with Crippen molar-refractivity contribution in [2.75, 3.05) is 13.2 Å². The van der Waals surface area contributed by atoms with E-state index in [1.165, 1.54) is 17.4 Å². The number of aromatic nitrogens is 1. The monoisotopic (exact) mass is 485 g/mol. The predicted molar refractivity (Wildman–Crippen MR) is 143 cm³/mol. The van der Waals surface area contributed by atoms with Crippen LogP contribution in [0.25, 0.3) is 0 Å². The number of oxazole rings is 1. The van der Waals surface area contributed by atoms with Crippen molar-refractivity contribution >= 4 is 5.91 Å². The van der Waals surface area contributed by atoms with Crippen LogP contribution in [-0.4, -0.2) is 24.0 Å². The van der Waals surface area contributed by atoms with Gasteiger partial charge in [0.25, 0.3) is 5.91 Å². The molecule has 1 aromatic heterocycles. The van der Waals surface area contributed by atoms with Crippen LogP contribution in [0, 0.1) is 5.92 Å². The summed E-state index contributed by atoms with van der Waals surface area (Å²) in [4.78, 5) is 16.6. The van der Waals surface area contributed by atoms with Gasteiger partial charge in [0.1, 0.15) is 12.0 Å². The highest BCUT2D eigenvalue weighted by Crippen LogP contribution is 2.38. The highest BCUT2D eigenvalue weighted by atomic mass is 16.5. The quantitative estimate of drug-likeness (QED) is 0.291. The molecule has 196 valence electrons. The van der Waals surface area contributed by atoms with Crippen LogP contribution < -0.4 is 15.8 Å². The van der Waals surface area contributed by atoms with Crippen molar-refractivity contribution in [1.29, 1.82) is 0 Å². The Morgan fingerprint density at radius 2 is 1.80 bits per heavy atom. The Bertz CT molecular complexity index is 946. The zero-order chi connectivity index (χ0) is 26.2.